The molecule has 7 nitrogen and oxygen atoms in total. The fourth-order valence-electron chi connectivity index (χ4n) is 6.83. The predicted octanol–water partition coefficient (Wildman–Crippen LogP) is 6.79. The first kappa shape index (κ1) is 24.6. The summed E-state index contributed by atoms with van der Waals surface area (Å²) in [5.74, 6) is 0.927. The fourth-order valence-corrected chi connectivity index (χ4v) is 7.32. The Morgan fingerprint density at radius 3 is 2.68 bits per heavy atom. The van der Waals surface area contributed by atoms with Gasteiger partial charge >= 0.3 is 0 Å². The lowest BCUT2D eigenvalue weighted by Gasteiger charge is -2.21. The lowest BCUT2D eigenvalue weighted by molar-refractivity contribution is 0.509. The zero-order valence-corrected chi connectivity index (χ0v) is 23.3. The number of fused-ring (bicyclic) bond motifs is 4. The van der Waals surface area contributed by atoms with Gasteiger partial charge in [-0.15, -0.1) is 5.10 Å². The van der Waals surface area contributed by atoms with Gasteiger partial charge in [-0.1, -0.05) is 41.9 Å². The van der Waals surface area contributed by atoms with Crippen LogP contribution in [0.25, 0.3) is 28.1 Å². The minimum Gasteiger partial charge on any atom is -0.507 e. The van der Waals surface area contributed by atoms with Crippen LogP contribution in [-0.2, 0) is 6.42 Å². The van der Waals surface area contributed by atoms with Crippen molar-refractivity contribution >= 4 is 34.5 Å². The summed E-state index contributed by atoms with van der Waals surface area (Å²) in [6.45, 7) is 3.99. The van der Waals surface area contributed by atoms with E-state index in [1.807, 2.05) is 34.9 Å². The van der Waals surface area contributed by atoms with Crippen molar-refractivity contribution in [1.29, 1.82) is 0 Å². The van der Waals surface area contributed by atoms with Crippen LogP contribution >= 0.6 is 23.2 Å². The van der Waals surface area contributed by atoms with E-state index < -0.39 is 0 Å². The first-order valence-corrected chi connectivity index (χ1v) is 14.2. The van der Waals surface area contributed by atoms with E-state index in [4.69, 9.17) is 23.2 Å². The minimum absolute atomic E-state index is 0.0320. The van der Waals surface area contributed by atoms with Crippen molar-refractivity contribution in [3.05, 3.63) is 128 Å². The summed E-state index contributed by atoms with van der Waals surface area (Å²) < 4.78 is 3.53. The number of rotatable bonds is 4. The normalized spacial score (nSPS) is 22.3. The molecular formula is C32H23Cl2N5O2. The van der Waals surface area contributed by atoms with Crippen LogP contribution < -0.4 is 5.56 Å². The molecule has 3 unspecified atom stereocenters. The van der Waals surface area contributed by atoms with Crippen LogP contribution in [0.2, 0.25) is 5.02 Å². The van der Waals surface area contributed by atoms with Crippen molar-refractivity contribution in [3.8, 4) is 16.8 Å². The Hall–Kier alpha value is -4.20. The highest BCUT2D eigenvalue weighted by molar-refractivity contribution is 6.35. The largest absolute Gasteiger partial charge is 0.507 e. The van der Waals surface area contributed by atoms with Crippen molar-refractivity contribution in [1.82, 2.24) is 24.8 Å². The molecule has 1 saturated carbocycles. The van der Waals surface area contributed by atoms with Gasteiger partial charge in [-0.3, -0.25) is 4.79 Å². The van der Waals surface area contributed by atoms with Crippen molar-refractivity contribution in [3.63, 3.8) is 0 Å². The molecule has 0 bridgehead atoms. The van der Waals surface area contributed by atoms with Gasteiger partial charge in [-0.2, -0.15) is 4.68 Å². The summed E-state index contributed by atoms with van der Waals surface area (Å²) in [5, 5.41) is 23.4. The van der Waals surface area contributed by atoms with Crippen LogP contribution in [0.15, 0.2) is 94.6 Å². The maximum Gasteiger partial charge on any atom is 0.251 e. The summed E-state index contributed by atoms with van der Waals surface area (Å²) in [6.07, 6.45) is 7.70. The Bertz CT molecular complexity index is 1970. The molecule has 1 N–H and O–H groups in total. The van der Waals surface area contributed by atoms with Crippen LogP contribution in [-0.4, -0.2) is 29.9 Å². The highest BCUT2D eigenvalue weighted by Crippen LogP contribution is 2.62. The number of nitrogens with zero attached hydrogens (tertiary/aromatic N) is 5. The summed E-state index contributed by atoms with van der Waals surface area (Å²) in [7, 11) is 0. The Morgan fingerprint density at radius 2 is 1.85 bits per heavy atom. The van der Waals surface area contributed by atoms with Gasteiger partial charge in [0.15, 0.2) is 0 Å². The molecule has 1 fully saturated rings. The van der Waals surface area contributed by atoms with Gasteiger partial charge in [0.2, 0.25) is 0 Å². The van der Waals surface area contributed by atoms with Gasteiger partial charge in [0.1, 0.15) is 12.1 Å². The maximum absolute atomic E-state index is 13.7. The quantitative estimate of drug-likeness (QED) is 0.287. The number of benzene rings is 2. The molecule has 0 saturated heterocycles. The molecule has 0 amide bonds. The first-order chi connectivity index (χ1) is 19.9. The van der Waals surface area contributed by atoms with Crippen LogP contribution in [0.1, 0.15) is 47.2 Å². The number of aliphatic hydroxyl groups excluding tert-OH is 1. The number of hydrogen-bond acceptors (Lipinski definition) is 5. The van der Waals surface area contributed by atoms with E-state index in [-0.39, 0.29) is 17.4 Å². The molecule has 1 aliphatic heterocycles. The van der Waals surface area contributed by atoms with Gasteiger partial charge in [0.05, 0.1) is 11.7 Å². The van der Waals surface area contributed by atoms with E-state index in [2.05, 4.69) is 34.2 Å². The van der Waals surface area contributed by atoms with Gasteiger partial charge in [0.25, 0.3) is 5.56 Å². The lowest BCUT2D eigenvalue weighted by atomic mass is 9.89. The van der Waals surface area contributed by atoms with Crippen molar-refractivity contribution in [2.24, 2.45) is 5.92 Å². The predicted molar refractivity (Wildman–Crippen MR) is 159 cm³/mol. The molecule has 3 atom stereocenters. The van der Waals surface area contributed by atoms with E-state index in [0.717, 1.165) is 68.8 Å². The molecule has 9 heteroatoms. The number of halogens is 2. The Labute approximate surface area is 245 Å². The lowest BCUT2D eigenvalue weighted by Crippen LogP contribution is -2.26. The number of pyridine rings is 1. The molecule has 8 rings (SSSR count). The number of hydrogen-bond donors (Lipinski definition) is 1. The van der Waals surface area contributed by atoms with Crippen molar-refractivity contribution in [2.45, 2.75) is 31.2 Å². The van der Waals surface area contributed by atoms with E-state index in [0.29, 0.717) is 28.3 Å². The van der Waals surface area contributed by atoms with E-state index in [9.17, 15) is 9.90 Å². The number of tetrazole rings is 1. The van der Waals surface area contributed by atoms with Crippen LogP contribution in [0, 0.1) is 5.92 Å². The maximum atomic E-state index is 13.7. The fraction of sp³-hybridized carbons (Fsp3) is 0.188. The average molecular weight is 580 g/mol. The van der Waals surface area contributed by atoms with Gasteiger partial charge in [-0.05, 0) is 112 Å². The van der Waals surface area contributed by atoms with Gasteiger partial charge < -0.3 is 9.67 Å². The monoisotopic (exact) mass is 579 g/mol. The number of aliphatic hydroxyl groups is 1. The second kappa shape index (κ2) is 8.90. The molecule has 3 aliphatic carbocycles. The van der Waals surface area contributed by atoms with Gasteiger partial charge in [-0.25, -0.2) is 0 Å². The molecule has 0 radical (unpaired) electrons. The Kier molecular flexibility index (Phi) is 5.34. The van der Waals surface area contributed by atoms with E-state index >= 15 is 0 Å². The molecular weight excluding hydrogens is 557 g/mol. The van der Waals surface area contributed by atoms with E-state index in [1.165, 1.54) is 6.33 Å². The second-order valence-electron chi connectivity index (χ2n) is 11.2. The summed E-state index contributed by atoms with van der Waals surface area (Å²) in [4.78, 5) is 13.7. The third-order valence-electron chi connectivity index (χ3n) is 8.72. The van der Waals surface area contributed by atoms with Gasteiger partial charge in [0, 0.05) is 38.9 Å². The average Bonchev–Trinajstić information content (AvgIpc) is 3.24. The van der Waals surface area contributed by atoms with Crippen molar-refractivity contribution in [2.75, 3.05) is 0 Å². The van der Waals surface area contributed by atoms with Crippen molar-refractivity contribution < 1.29 is 5.11 Å². The second-order valence-corrected chi connectivity index (χ2v) is 12.0. The smallest absolute Gasteiger partial charge is 0.251 e. The highest BCUT2D eigenvalue weighted by Gasteiger charge is 2.54. The third-order valence-corrected chi connectivity index (χ3v) is 9.29. The Morgan fingerprint density at radius 1 is 0.976 bits per heavy atom. The van der Waals surface area contributed by atoms with E-state index in [1.54, 1.807) is 22.9 Å². The van der Waals surface area contributed by atoms with Crippen LogP contribution in [0.4, 0.5) is 0 Å². The summed E-state index contributed by atoms with van der Waals surface area (Å²) >= 11 is 13.2. The topological polar surface area (TPSA) is 85.8 Å². The highest BCUT2D eigenvalue weighted by atomic mass is 35.5. The number of allylic oxidation sites excluding steroid dienone is 6. The minimum atomic E-state index is -0.0492. The molecule has 0 spiro atoms. The molecule has 2 aromatic carbocycles. The zero-order chi connectivity index (χ0) is 28.0. The molecule has 2 aromatic heterocycles. The molecule has 3 heterocycles. The molecule has 4 aromatic rings. The molecule has 4 aliphatic rings. The third kappa shape index (κ3) is 3.87. The van der Waals surface area contributed by atoms with Crippen LogP contribution in [0.5, 0.6) is 0 Å². The SMILES string of the molecule is C=C1C=C(O)c2cc(C3=C(Cl)C=C(C4C5CC5c5cc(-c6cc(Cl)ccc6-n6cnnn6)cc(=O)n54)C3)ccc2C1. The standard InChI is InChI=1S/C32H23Cl2N5O2/c1-16-6-17-2-3-18(8-24(17)30(40)7-16)22-9-20(10-27(22)34)32-26-14-25(26)29-11-19(12-31(41)39(29)32)23-13-21(33)4-5-28(23)38-15-35-36-37-38/h2-5,7-8,10-13,15,25-26,32,40H,1,6,9,14H2. The van der Waals surface area contributed by atoms with Crippen LogP contribution in [0.3, 0.4) is 0 Å². The Balaban J connectivity index is 1.14. The summed E-state index contributed by atoms with van der Waals surface area (Å²) in [6, 6.07) is 15.4. The first-order valence-electron chi connectivity index (χ1n) is 13.5. The summed E-state index contributed by atoms with van der Waals surface area (Å²) in [5.41, 5.74) is 9.24. The molecule has 202 valence electrons. The zero-order valence-electron chi connectivity index (χ0n) is 21.8. The number of aromatic nitrogens is 5. The molecule has 41 heavy (non-hydrogen) atoms.